The SMILES string of the molecule is CC(C)C1(CNC(=O)c2ccc3c(c2)CCN3)CC1.Cl. The molecule has 1 heterocycles. The van der Waals surface area contributed by atoms with Gasteiger partial charge in [-0.15, -0.1) is 12.4 Å². The van der Waals surface area contributed by atoms with Crippen molar-refractivity contribution in [2.24, 2.45) is 11.3 Å². The van der Waals surface area contributed by atoms with Gasteiger partial charge >= 0.3 is 0 Å². The number of hydrogen-bond acceptors (Lipinski definition) is 2. The fourth-order valence-electron chi connectivity index (χ4n) is 2.92. The molecule has 3 rings (SSSR count). The summed E-state index contributed by atoms with van der Waals surface area (Å²) in [6.45, 7) is 6.30. The van der Waals surface area contributed by atoms with Crippen LogP contribution in [0.5, 0.6) is 0 Å². The predicted molar refractivity (Wildman–Crippen MR) is 84.7 cm³/mol. The van der Waals surface area contributed by atoms with E-state index in [2.05, 4.69) is 24.5 Å². The number of anilines is 1. The minimum atomic E-state index is 0. The zero-order chi connectivity index (χ0) is 13.5. The van der Waals surface area contributed by atoms with Gasteiger partial charge in [0, 0.05) is 24.3 Å². The van der Waals surface area contributed by atoms with Gasteiger partial charge in [-0.05, 0) is 54.4 Å². The van der Waals surface area contributed by atoms with Gasteiger partial charge < -0.3 is 10.6 Å². The topological polar surface area (TPSA) is 41.1 Å². The fraction of sp³-hybridized carbons (Fsp3) is 0.562. The molecule has 2 aliphatic rings. The minimum absolute atomic E-state index is 0. The second-order valence-corrected chi connectivity index (χ2v) is 6.25. The van der Waals surface area contributed by atoms with Gasteiger partial charge in [-0.1, -0.05) is 13.8 Å². The minimum Gasteiger partial charge on any atom is -0.384 e. The van der Waals surface area contributed by atoms with Crippen LogP contribution >= 0.6 is 12.4 Å². The maximum atomic E-state index is 12.2. The van der Waals surface area contributed by atoms with Crippen molar-refractivity contribution < 1.29 is 4.79 Å². The summed E-state index contributed by atoms with van der Waals surface area (Å²) >= 11 is 0. The highest BCUT2D eigenvalue weighted by atomic mass is 35.5. The lowest BCUT2D eigenvalue weighted by Gasteiger charge is -2.20. The van der Waals surface area contributed by atoms with Gasteiger partial charge in [0.2, 0.25) is 0 Å². The van der Waals surface area contributed by atoms with E-state index in [1.807, 2.05) is 18.2 Å². The van der Waals surface area contributed by atoms with Gasteiger partial charge in [-0.25, -0.2) is 0 Å². The Balaban J connectivity index is 0.00000147. The average molecular weight is 295 g/mol. The van der Waals surface area contributed by atoms with E-state index in [0.717, 1.165) is 25.1 Å². The molecule has 4 heteroatoms. The Morgan fingerprint density at radius 3 is 2.80 bits per heavy atom. The van der Waals surface area contributed by atoms with Gasteiger partial charge in [0.15, 0.2) is 0 Å². The summed E-state index contributed by atoms with van der Waals surface area (Å²) in [5, 5.41) is 6.43. The van der Waals surface area contributed by atoms with Crippen molar-refractivity contribution in [2.75, 3.05) is 18.4 Å². The highest BCUT2D eigenvalue weighted by Gasteiger charge is 2.45. The summed E-state index contributed by atoms with van der Waals surface area (Å²) in [5.74, 6) is 0.721. The van der Waals surface area contributed by atoms with Crippen LogP contribution in [-0.2, 0) is 6.42 Å². The summed E-state index contributed by atoms with van der Waals surface area (Å²) in [7, 11) is 0. The van der Waals surface area contributed by atoms with E-state index >= 15 is 0 Å². The van der Waals surface area contributed by atoms with Crippen LogP contribution in [-0.4, -0.2) is 19.0 Å². The molecular weight excluding hydrogens is 272 g/mol. The molecule has 0 bridgehead atoms. The van der Waals surface area contributed by atoms with Crippen molar-refractivity contribution in [3.8, 4) is 0 Å². The first-order valence-electron chi connectivity index (χ1n) is 7.26. The first kappa shape index (κ1) is 15.2. The van der Waals surface area contributed by atoms with Gasteiger partial charge in [-0.2, -0.15) is 0 Å². The van der Waals surface area contributed by atoms with E-state index in [-0.39, 0.29) is 18.3 Å². The molecule has 0 unspecified atom stereocenters. The fourth-order valence-corrected chi connectivity index (χ4v) is 2.92. The van der Waals surface area contributed by atoms with Crippen LogP contribution in [0.15, 0.2) is 18.2 Å². The smallest absolute Gasteiger partial charge is 0.251 e. The lowest BCUT2D eigenvalue weighted by Crippen LogP contribution is -2.32. The van der Waals surface area contributed by atoms with E-state index in [1.165, 1.54) is 24.1 Å². The van der Waals surface area contributed by atoms with Crippen molar-refractivity contribution in [2.45, 2.75) is 33.1 Å². The van der Waals surface area contributed by atoms with E-state index in [1.54, 1.807) is 0 Å². The van der Waals surface area contributed by atoms with Crippen molar-refractivity contribution >= 4 is 24.0 Å². The maximum absolute atomic E-state index is 12.2. The van der Waals surface area contributed by atoms with Gasteiger partial charge in [-0.3, -0.25) is 4.79 Å². The largest absolute Gasteiger partial charge is 0.384 e. The lowest BCUT2D eigenvalue weighted by molar-refractivity contribution is 0.0939. The number of nitrogens with one attached hydrogen (secondary N) is 2. The van der Waals surface area contributed by atoms with Gasteiger partial charge in [0.25, 0.3) is 5.91 Å². The van der Waals surface area contributed by atoms with E-state index < -0.39 is 0 Å². The molecule has 1 amide bonds. The predicted octanol–water partition coefficient (Wildman–Crippen LogP) is 3.24. The molecule has 1 fully saturated rings. The molecule has 1 aromatic rings. The van der Waals surface area contributed by atoms with Gasteiger partial charge in [0.05, 0.1) is 0 Å². The third-order valence-electron chi connectivity index (χ3n) is 4.80. The van der Waals surface area contributed by atoms with Crippen molar-refractivity contribution in [3.05, 3.63) is 29.3 Å². The Labute approximate surface area is 126 Å². The Morgan fingerprint density at radius 1 is 1.40 bits per heavy atom. The highest BCUT2D eigenvalue weighted by Crippen LogP contribution is 2.51. The monoisotopic (exact) mass is 294 g/mol. The molecule has 20 heavy (non-hydrogen) atoms. The lowest BCUT2D eigenvalue weighted by atomic mass is 9.92. The Hall–Kier alpha value is -1.22. The summed E-state index contributed by atoms with van der Waals surface area (Å²) in [5.41, 5.74) is 3.60. The molecule has 2 N–H and O–H groups in total. The number of rotatable bonds is 4. The summed E-state index contributed by atoms with van der Waals surface area (Å²) in [6.07, 6.45) is 3.52. The molecular formula is C16H23ClN2O. The molecule has 3 nitrogen and oxygen atoms in total. The van der Waals surface area contributed by atoms with Crippen molar-refractivity contribution in [3.63, 3.8) is 0 Å². The average Bonchev–Trinajstić information content (AvgIpc) is 3.06. The molecule has 0 saturated heterocycles. The zero-order valence-corrected chi connectivity index (χ0v) is 13.0. The third-order valence-corrected chi connectivity index (χ3v) is 4.80. The molecule has 1 aromatic carbocycles. The number of halogens is 1. The van der Waals surface area contributed by atoms with Crippen LogP contribution in [0, 0.1) is 11.3 Å². The molecule has 1 aliphatic carbocycles. The first-order valence-corrected chi connectivity index (χ1v) is 7.26. The second kappa shape index (κ2) is 5.65. The number of carbonyl (C=O) groups is 1. The Morgan fingerprint density at radius 2 is 2.15 bits per heavy atom. The Bertz CT molecular complexity index is 509. The number of carbonyl (C=O) groups excluding carboxylic acids is 1. The first-order chi connectivity index (χ1) is 9.11. The molecule has 0 aromatic heterocycles. The van der Waals surface area contributed by atoms with Gasteiger partial charge in [0.1, 0.15) is 0 Å². The molecule has 0 spiro atoms. The van der Waals surface area contributed by atoms with Crippen LogP contribution < -0.4 is 10.6 Å². The number of hydrogen-bond donors (Lipinski definition) is 2. The van der Waals surface area contributed by atoms with Crippen molar-refractivity contribution in [1.82, 2.24) is 5.32 Å². The number of amides is 1. The maximum Gasteiger partial charge on any atom is 0.251 e. The molecule has 1 aliphatic heterocycles. The highest BCUT2D eigenvalue weighted by molar-refractivity contribution is 5.95. The zero-order valence-electron chi connectivity index (χ0n) is 12.2. The quantitative estimate of drug-likeness (QED) is 0.895. The normalized spacial score (nSPS) is 17.9. The standard InChI is InChI=1S/C16H22N2O.ClH/c1-11(2)16(6-7-16)10-18-15(19)13-3-4-14-12(9-13)5-8-17-14;/h3-4,9,11,17H,5-8,10H2,1-2H3,(H,18,19);1H. The summed E-state index contributed by atoms with van der Waals surface area (Å²) < 4.78 is 0. The number of fused-ring (bicyclic) bond motifs is 1. The number of benzene rings is 1. The van der Waals surface area contributed by atoms with Crippen LogP contribution in [0.25, 0.3) is 0 Å². The molecule has 1 saturated carbocycles. The Kier molecular flexibility index (Phi) is 4.28. The molecule has 0 atom stereocenters. The van der Waals surface area contributed by atoms with E-state index in [9.17, 15) is 4.79 Å². The molecule has 110 valence electrons. The van der Waals surface area contributed by atoms with E-state index in [0.29, 0.717) is 11.3 Å². The van der Waals surface area contributed by atoms with Crippen LogP contribution in [0.1, 0.15) is 42.6 Å². The third kappa shape index (κ3) is 2.78. The summed E-state index contributed by atoms with van der Waals surface area (Å²) in [6, 6.07) is 5.97. The van der Waals surface area contributed by atoms with Crippen LogP contribution in [0.3, 0.4) is 0 Å². The van der Waals surface area contributed by atoms with Crippen LogP contribution in [0.4, 0.5) is 5.69 Å². The van der Waals surface area contributed by atoms with E-state index in [4.69, 9.17) is 0 Å². The molecule has 0 radical (unpaired) electrons. The summed E-state index contributed by atoms with van der Waals surface area (Å²) in [4.78, 5) is 12.2. The van der Waals surface area contributed by atoms with Crippen molar-refractivity contribution in [1.29, 1.82) is 0 Å². The van der Waals surface area contributed by atoms with Crippen LogP contribution in [0.2, 0.25) is 0 Å². The second-order valence-electron chi connectivity index (χ2n) is 6.25.